The molecule has 2 heteroatoms. The molecule has 2 heterocycles. The van der Waals surface area contributed by atoms with E-state index in [1.807, 2.05) is 12.3 Å². The van der Waals surface area contributed by atoms with E-state index in [0.717, 1.165) is 11.3 Å². The summed E-state index contributed by atoms with van der Waals surface area (Å²) >= 11 is 0. The zero-order chi connectivity index (χ0) is 12.7. The number of aromatic nitrogens is 2. The monoisotopic (exact) mass is 244 g/mol. The molecule has 2 nitrogen and oxygen atoms in total. The summed E-state index contributed by atoms with van der Waals surface area (Å²) in [5, 5.41) is 2.41. The van der Waals surface area contributed by atoms with Crippen LogP contribution in [0.15, 0.2) is 73.1 Å². The minimum Gasteiger partial charge on any atom is -0.299 e. The molecule has 0 spiro atoms. The van der Waals surface area contributed by atoms with Crippen LogP contribution >= 0.6 is 0 Å². The Kier molecular flexibility index (Phi) is 2.15. The van der Waals surface area contributed by atoms with Crippen LogP contribution in [0.3, 0.4) is 0 Å². The number of fused-ring (bicyclic) bond motifs is 3. The summed E-state index contributed by atoms with van der Waals surface area (Å²) in [6.45, 7) is 0. The van der Waals surface area contributed by atoms with Crippen LogP contribution in [0, 0.1) is 0 Å². The van der Waals surface area contributed by atoms with Crippen LogP contribution in [0.4, 0.5) is 0 Å². The molecular weight excluding hydrogens is 232 g/mol. The lowest BCUT2D eigenvalue weighted by Crippen LogP contribution is -1.88. The third-order valence-electron chi connectivity index (χ3n) is 3.47. The lowest BCUT2D eigenvalue weighted by Gasteiger charge is -2.04. The van der Waals surface area contributed by atoms with Crippen molar-refractivity contribution in [3.05, 3.63) is 73.1 Å². The lowest BCUT2D eigenvalue weighted by molar-refractivity contribution is 1.21. The molecule has 0 bridgehead atoms. The molecular formula is C17H12N2. The van der Waals surface area contributed by atoms with Crippen molar-refractivity contribution in [3.8, 4) is 11.3 Å². The Labute approximate surface area is 111 Å². The predicted molar refractivity (Wildman–Crippen MR) is 78.1 cm³/mol. The van der Waals surface area contributed by atoms with Gasteiger partial charge in [-0.1, -0.05) is 54.6 Å². The summed E-state index contributed by atoms with van der Waals surface area (Å²) in [6, 6.07) is 20.8. The Balaban J connectivity index is 2.08. The first-order valence-electron chi connectivity index (χ1n) is 6.34. The smallest absolute Gasteiger partial charge is 0.145 e. The van der Waals surface area contributed by atoms with E-state index in [0.29, 0.717) is 0 Å². The summed E-state index contributed by atoms with van der Waals surface area (Å²) in [5.74, 6) is 0. The van der Waals surface area contributed by atoms with Crippen molar-refractivity contribution >= 4 is 16.4 Å². The van der Waals surface area contributed by atoms with Gasteiger partial charge in [0, 0.05) is 17.1 Å². The highest BCUT2D eigenvalue weighted by atomic mass is 15.0. The number of benzene rings is 2. The van der Waals surface area contributed by atoms with E-state index in [4.69, 9.17) is 0 Å². The van der Waals surface area contributed by atoms with Crippen LogP contribution in [0.5, 0.6) is 0 Å². The SMILES string of the molecule is c1ccc(-c2cnc3c4ccccc4ccn23)cc1. The maximum Gasteiger partial charge on any atom is 0.145 e. The molecule has 4 aromatic rings. The molecule has 0 radical (unpaired) electrons. The van der Waals surface area contributed by atoms with Gasteiger partial charge in [-0.25, -0.2) is 4.98 Å². The van der Waals surface area contributed by atoms with Crippen LogP contribution < -0.4 is 0 Å². The second-order valence-corrected chi connectivity index (χ2v) is 4.61. The Hall–Kier alpha value is -2.61. The summed E-state index contributed by atoms with van der Waals surface area (Å²) in [7, 11) is 0. The molecule has 0 aliphatic heterocycles. The molecule has 0 aliphatic rings. The van der Waals surface area contributed by atoms with Gasteiger partial charge in [0.05, 0.1) is 11.9 Å². The minimum absolute atomic E-state index is 1.01. The fraction of sp³-hybridized carbons (Fsp3) is 0. The van der Waals surface area contributed by atoms with Gasteiger partial charge in [0.2, 0.25) is 0 Å². The third kappa shape index (κ3) is 1.54. The van der Waals surface area contributed by atoms with Gasteiger partial charge in [0.1, 0.15) is 5.65 Å². The van der Waals surface area contributed by atoms with E-state index in [1.165, 1.54) is 16.3 Å². The first kappa shape index (κ1) is 10.3. The van der Waals surface area contributed by atoms with Crippen molar-refractivity contribution in [1.29, 1.82) is 0 Å². The van der Waals surface area contributed by atoms with Gasteiger partial charge in [-0.3, -0.25) is 4.40 Å². The third-order valence-corrected chi connectivity index (χ3v) is 3.47. The molecule has 0 atom stereocenters. The molecule has 0 amide bonds. The average Bonchev–Trinajstić information content (AvgIpc) is 2.92. The lowest BCUT2D eigenvalue weighted by atomic mass is 10.1. The van der Waals surface area contributed by atoms with E-state index in [2.05, 4.69) is 70.2 Å². The quantitative estimate of drug-likeness (QED) is 0.491. The fourth-order valence-corrected chi connectivity index (χ4v) is 2.53. The normalized spacial score (nSPS) is 11.2. The Morgan fingerprint density at radius 3 is 2.47 bits per heavy atom. The summed E-state index contributed by atoms with van der Waals surface area (Å²) in [5.41, 5.74) is 3.32. The van der Waals surface area contributed by atoms with Crippen molar-refractivity contribution in [2.24, 2.45) is 0 Å². The van der Waals surface area contributed by atoms with Crippen molar-refractivity contribution in [1.82, 2.24) is 9.38 Å². The fourth-order valence-electron chi connectivity index (χ4n) is 2.53. The van der Waals surface area contributed by atoms with Crippen molar-refractivity contribution < 1.29 is 0 Å². The topological polar surface area (TPSA) is 17.3 Å². The number of nitrogens with zero attached hydrogens (tertiary/aromatic N) is 2. The van der Waals surface area contributed by atoms with Gasteiger partial charge < -0.3 is 0 Å². The highest BCUT2D eigenvalue weighted by Crippen LogP contribution is 2.25. The number of hydrogen-bond acceptors (Lipinski definition) is 1. The second kappa shape index (κ2) is 3.95. The molecule has 0 unspecified atom stereocenters. The van der Waals surface area contributed by atoms with Crippen LogP contribution in [-0.2, 0) is 0 Å². The van der Waals surface area contributed by atoms with Gasteiger partial charge in [-0.05, 0) is 11.5 Å². The van der Waals surface area contributed by atoms with Gasteiger partial charge >= 0.3 is 0 Å². The second-order valence-electron chi connectivity index (χ2n) is 4.61. The van der Waals surface area contributed by atoms with Crippen molar-refractivity contribution in [3.63, 3.8) is 0 Å². The first-order valence-corrected chi connectivity index (χ1v) is 6.34. The Bertz CT molecular complexity index is 860. The summed E-state index contributed by atoms with van der Waals surface area (Å²) in [6.07, 6.45) is 4.03. The van der Waals surface area contributed by atoms with Gasteiger partial charge in [0.25, 0.3) is 0 Å². The van der Waals surface area contributed by atoms with E-state index >= 15 is 0 Å². The maximum atomic E-state index is 4.59. The standard InChI is InChI=1S/C17H12N2/c1-2-7-14(8-3-1)16-12-18-17-15-9-5-4-6-13(15)10-11-19(16)17/h1-12H. The molecule has 0 saturated carbocycles. The largest absolute Gasteiger partial charge is 0.299 e. The van der Waals surface area contributed by atoms with E-state index in [1.54, 1.807) is 0 Å². The van der Waals surface area contributed by atoms with E-state index in [9.17, 15) is 0 Å². The Morgan fingerprint density at radius 2 is 1.58 bits per heavy atom. The molecule has 19 heavy (non-hydrogen) atoms. The summed E-state index contributed by atoms with van der Waals surface area (Å²) < 4.78 is 2.15. The van der Waals surface area contributed by atoms with Crippen LogP contribution in [0.2, 0.25) is 0 Å². The predicted octanol–water partition coefficient (Wildman–Crippen LogP) is 4.15. The van der Waals surface area contributed by atoms with Crippen LogP contribution in [-0.4, -0.2) is 9.38 Å². The molecule has 2 aromatic carbocycles. The molecule has 0 N–H and O–H groups in total. The first-order chi connectivity index (χ1) is 9.43. The Morgan fingerprint density at radius 1 is 0.789 bits per heavy atom. The van der Waals surface area contributed by atoms with Crippen molar-refractivity contribution in [2.45, 2.75) is 0 Å². The van der Waals surface area contributed by atoms with Crippen LogP contribution in [0.1, 0.15) is 0 Å². The molecule has 0 aliphatic carbocycles. The van der Waals surface area contributed by atoms with Gasteiger partial charge in [-0.2, -0.15) is 0 Å². The number of hydrogen-bond donors (Lipinski definition) is 0. The number of pyridine rings is 1. The van der Waals surface area contributed by atoms with E-state index < -0.39 is 0 Å². The molecule has 0 saturated heterocycles. The molecule has 0 fully saturated rings. The zero-order valence-electron chi connectivity index (χ0n) is 10.3. The van der Waals surface area contributed by atoms with Gasteiger partial charge in [0.15, 0.2) is 0 Å². The molecule has 2 aromatic heterocycles. The van der Waals surface area contributed by atoms with Crippen LogP contribution in [0.25, 0.3) is 27.7 Å². The molecule has 90 valence electrons. The maximum absolute atomic E-state index is 4.59. The van der Waals surface area contributed by atoms with E-state index in [-0.39, 0.29) is 0 Å². The van der Waals surface area contributed by atoms with Crippen molar-refractivity contribution in [2.75, 3.05) is 0 Å². The molecule has 4 rings (SSSR count). The zero-order valence-corrected chi connectivity index (χ0v) is 10.3. The summed E-state index contributed by atoms with van der Waals surface area (Å²) in [4.78, 5) is 4.59. The highest BCUT2D eigenvalue weighted by Gasteiger charge is 2.07. The minimum atomic E-state index is 1.01. The van der Waals surface area contributed by atoms with Gasteiger partial charge in [-0.15, -0.1) is 0 Å². The number of rotatable bonds is 1. The highest BCUT2D eigenvalue weighted by molar-refractivity contribution is 5.94. The number of imidazole rings is 1. The average molecular weight is 244 g/mol.